The highest BCUT2D eigenvalue weighted by Gasteiger charge is 2.40. The SMILES string of the molecule is O=C(Oc1c(Cl)cc(Cl)c(Cl)c1C(=O)OCC1CC2CCCC2C1)C(=O)Oc1c(Cl)cc(Cl)c(Cl)c1C(=O)OCC1CC2CCCC2C1. The van der Waals surface area contributed by atoms with Gasteiger partial charge in [-0.15, -0.1) is 0 Å². The van der Waals surface area contributed by atoms with Gasteiger partial charge in [-0.1, -0.05) is 108 Å². The van der Waals surface area contributed by atoms with Crippen molar-refractivity contribution in [2.45, 2.75) is 64.2 Å². The van der Waals surface area contributed by atoms with Crippen LogP contribution in [0.3, 0.4) is 0 Å². The highest BCUT2D eigenvalue weighted by Crippen LogP contribution is 2.48. The van der Waals surface area contributed by atoms with Crippen molar-refractivity contribution in [2.24, 2.45) is 35.5 Å². The van der Waals surface area contributed by atoms with Gasteiger partial charge in [0.05, 0.1) is 43.3 Å². The van der Waals surface area contributed by atoms with Crippen molar-refractivity contribution in [3.05, 3.63) is 53.4 Å². The first kappa shape index (κ1) is 35.9. The lowest BCUT2D eigenvalue weighted by molar-refractivity contribution is -0.156. The summed E-state index contributed by atoms with van der Waals surface area (Å²) in [6, 6.07) is 2.30. The summed E-state index contributed by atoms with van der Waals surface area (Å²) in [5, 5.41) is -1.35. The molecule has 4 atom stereocenters. The number of fused-ring (bicyclic) bond motifs is 2. The summed E-state index contributed by atoms with van der Waals surface area (Å²) in [6.45, 7) is 0.274. The first-order chi connectivity index (χ1) is 22.9. The lowest BCUT2D eigenvalue weighted by Crippen LogP contribution is -2.27. The van der Waals surface area contributed by atoms with Crippen LogP contribution in [0.5, 0.6) is 11.5 Å². The third-order valence-electron chi connectivity index (χ3n) is 10.3. The number of rotatable bonds is 8. The molecule has 2 aromatic rings. The molecule has 6 rings (SSSR count). The van der Waals surface area contributed by atoms with Crippen LogP contribution in [0, 0.1) is 35.5 Å². The van der Waals surface area contributed by atoms with E-state index in [2.05, 4.69) is 0 Å². The van der Waals surface area contributed by atoms with Crippen molar-refractivity contribution >= 4 is 93.5 Å². The minimum absolute atomic E-state index is 0.0991. The van der Waals surface area contributed by atoms with Crippen molar-refractivity contribution in [2.75, 3.05) is 13.2 Å². The number of hydrogen-bond donors (Lipinski definition) is 0. The van der Waals surface area contributed by atoms with Crippen molar-refractivity contribution in [1.29, 1.82) is 0 Å². The molecule has 2 aromatic carbocycles. The molecule has 0 heterocycles. The Labute approximate surface area is 307 Å². The van der Waals surface area contributed by atoms with E-state index in [1.54, 1.807) is 0 Å². The molecule has 0 spiro atoms. The summed E-state index contributed by atoms with van der Waals surface area (Å²) < 4.78 is 21.6. The van der Waals surface area contributed by atoms with Gasteiger partial charge in [0.1, 0.15) is 11.1 Å². The van der Waals surface area contributed by atoms with Crippen LogP contribution >= 0.6 is 69.6 Å². The Morgan fingerprint density at radius 3 is 1.21 bits per heavy atom. The molecule has 258 valence electrons. The van der Waals surface area contributed by atoms with Crippen LogP contribution in [0.4, 0.5) is 0 Å². The Morgan fingerprint density at radius 2 is 0.875 bits per heavy atom. The summed E-state index contributed by atoms with van der Waals surface area (Å²) in [4.78, 5) is 52.6. The molecule has 0 radical (unpaired) electrons. The average molecular weight is 781 g/mol. The van der Waals surface area contributed by atoms with Gasteiger partial charge in [-0.2, -0.15) is 0 Å². The largest absolute Gasteiger partial charge is 0.462 e. The zero-order valence-electron chi connectivity index (χ0n) is 25.6. The van der Waals surface area contributed by atoms with E-state index in [1.807, 2.05) is 0 Å². The first-order valence-corrected chi connectivity index (χ1v) is 18.3. The Balaban J connectivity index is 1.15. The molecule has 48 heavy (non-hydrogen) atoms. The molecule has 0 aliphatic heterocycles. The lowest BCUT2D eigenvalue weighted by atomic mass is 10.0. The number of ether oxygens (including phenoxy) is 4. The maximum atomic E-state index is 13.3. The quantitative estimate of drug-likeness (QED) is 0.113. The minimum Gasteiger partial charge on any atom is -0.462 e. The number of halogens is 6. The zero-order valence-corrected chi connectivity index (χ0v) is 30.2. The number of carbonyl (C=O) groups excluding carboxylic acids is 4. The fourth-order valence-electron chi connectivity index (χ4n) is 8.17. The molecule has 0 bridgehead atoms. The molecular weight excluding hydrogens is 749 g/mol. The van der Waals surface area contributed by atoms with Crippen LogP contribution in [0.25, 0.3) is 0 Å². The van der Waals surface area contributed by atoms with Crippen LogP contribution < -0.4 is 9.47 Å². The second kappa shape index (κ2) is 15.1. The van der Waals surface area contributed by atoms with Crippen LogP contribution in [-0.2, 0) is 19.1 Å². The van der Waals surface area contributed by atoms with Gasteiger partial charge in [0.25, 0.3) is 0 Å². The zero-order chi connectivity index (χ0) is 34.3. The third-order valence-corrected chi connectivity index (χ3v) is 12.4. The Morgan fingerprint density at radius 1 is 0.542 bits per heavy atom. The van der Waals surface area contributed by atoms with Crippen LogP contribution in [0.2, 0.25) is 30.1 Å². The van der Waals surface area contributed by atoms with Crippen molar-refractivity contribution in [3.63, 3.8) is 0 Å². The molecule has 4 unspecified atom stereocenters. The first-order valence-electron chi connectivity index (χ1n) is 16.0. The van der Waals surface area contributed by atoms with Gasteiger partial charge in [-0.05, 0) is 73.3 Å². The van der Waals surface area contributed by atoms with E-state index >= 15 is 0 Å². The van der Waals surface area contributed by atoms with Crippen molar-refractivity contribution in [1.82, 2.24) is 0 Å². The van der Waals surface area contributed by atoms with Crippen LogP contribution in [-0.4, -0.2) is 37.1 Å². The molecule has 14 heteroatoms. The van der Waals surface area contributed by atoms with E-state index in [0.29, 0.717) is 23.7 Å². The fraction of sp³-hybridized carbons (Fsp3) is 0.529. The Hall–Kier alpha value is -1.94. The van der Waals surface area contributed by atoms with Gasteiger partial charge in [0.2, 0.25) is 0 Å². The van der Waals surface area contributed by atoms with E-state index < -0.39 is 46.5 Å². The van der Waals surface area contributed by atoms with Gasteiger partial charge < -0.3 is 18.9 Å². The van der Waals surface area contributed by atoms with Crippen molar-refractivity contribution in [3.8, 4) is 11.5 Å². The van der Waals surface area contributed by atoms with E-state index in [1.165, 1.54) is 38.5 Å². The maximum absolute atomic E-state index is 13.3. The highest BCUT2D eigenvalue weighted by molar-refractivity contribution is 6.47. The lowest BCUT2D eigenvalue weighted by Gasteiger charge is -2.17. The fourth-order valence-corrected chi connectivity index (χ4v) is 9.61. The van der Waals surface area contributed by atoms with Gasteiger partial charge in [0, 0.05) is 0 Å². The molecule has 0 saturated heterocycles. The van der Waals surface area contributed by atoms with Gasteiger partial charge in [-0.3, -0.25) is 0 Å². The monoisotopic (exact) mass is 778 g/mol. The smallest absolute Gasteiger partial charge is 0.423 e. The van der Waals surface area contributed by atoms with E-state index in [9.17, 15) is 19.2 Å². The predicted octanol–water partition coefficient (Wildman–Crippen LogP) is 10.1. The van der Waals surface area contributed by atoms with Crippen LogP contribution in [0.15, 0.2) is 12.1 Å². The molecule has 4 aliphatic rings. The average Bonchev–Trinajstić information content (AvgIpc) is 3.82. The van der Waals surface area contributed by atoms with Gasteiger partial charge in [0.15, 0.2) is 11.5 Å². The van der Waals surface area contributed by atoms with E-state index in [4.69, 9.17) is 88.6 Å². The van der Waals surface area contributed by atoms with Crippen molar-refractivity contribution < 1.29 is 38.1 Å². The van der Waals surface area contributed by atoms with E-state index in [-0.39, 0.29) is 55.2 Å². The Bertz CT molecular complexity index is 1500. The minimum atomic E-state index is -1.62. The second-order valence-corrected chi connectivity index (χ2v) is 15.7. The number of esters is 4. The third kappa shape index (κ3) is 7.54. The summed E-state index contributed by atoms with van der Waals surface area (Å²) in [6.07, 6.45) is 11.0. The highest BCUT2D eigenvalue weighted by atomic mass is 35.5. The second-order valence-electron chi connectivity index (χ2n) is 13.3. The summed E-state index contributed by atoms with van der Waals surface area (Å²) in [7, 11) is 0. The topological polar surface area (TPSA) is 105 Å². The molecule has 4 aliphatic carbocycles. The van der Waals surface area contributed by atoms with E-state index in [0.717, 1.165) is 37.8 Å². The molecule has 0 N–H and O–H groups in total. The predicted molar refractivity (Wildman–Crippen MR) is 182 cm³/mol. The number of hydrogen-bond acceptors (Lipinski definition) is 8. The molecule has 8 nitrogen and oxygen atoms in total. The maximum Gasteiger partial charge on any atom is 0.423 e. The molecule has 4 fully saturated rings. The summed E-state index contributed by atoms with van der Waals surface area (Å²) >= 11 is 37.7. The number of benzene rings is 2. The van der Waals surface area contributed by atoms with Gasteiger partial charge in [-0.25, -0.2) is 19.2 Å². The number of carbonyl (C=O) groups is 4. The molecular formula is C34H32Cl6O8. The Kier molecular flexibility index (Phi) is 11.3. The normalized spacial score (nSPS) is 25.8. The summed E-state index contributed by atoms with van der Waals surface area (Å²) in [5.74, 6) is -3.28. The molecule has 0 aromatic heterocycles. The van der Waals surface area contributed by atoms with Crippen LogP contribution in [0.1, 0.15) is 84.9 Å². The molecule has 4 saturated carbocycles. The standard InChI is InChI=1S/C34H32Cl6O8/c35-21-11-23(37)29(25(27(21)39)31(41)45-13-15-7-17-3-1-4-18(17)8-15)47-33(43)34(44)48-30-24(38)12-22(36)28(40)26(30)32(42)46-14-16-9-19-5-2-6-20(19)10-16/h11-12,15-20H,1-10,13-14H2. The van der Waals surface area contributed by atoms with Gasteiger partial charge >= 0.3 is 23.9 Å². The molecule has 0 amide bonds. The summed E-state index contributed by atoms with van der Waals surface area (Å²) in [5.41, 5.74) is -0.859.